The van der Waals surface area contributed by atoms with Crippen LogP contribution in [0.15, 0.2) is 66.7 Å². The molecule has 14 nitrogen and oxygen atoms in total. The third-order valence-electron chi connectivity index (χ3n) is 8.49. The van der Waals surface area contributed by atoms with Gasteiger partial charge in [-0.25, -0.2) is 9.48 Å². The van der Waals surface area contributed by atoms with E-state index in [1.165, 1.54) is 19.0 Å². The molecule has 51 heavy (non-hydrogen) atoms. The molecule has 270 valence electrons. The summed E-state index contributed by atoms with van der Waals surface area (Å²) in [7, 11) is 2.92. The molecule has 1 fully saturated rings. The zero-order valence-corrected chi connectivity index (χ0v) is 29.7. The first-order valence-electron chi connectivity index (χ1n) is 16.9. The van der Waals surface area contributed by atoms with Gasteiger partial charge in [-0.2, -0.15) is 5.10 Å². The number of hydrogen-bond donors (Lipinski definition) is 4. The van der Waals surface area contributed by atoms with E-state index in [1.54, 1.807) is 28.9 Å². The number of aromatic nitrogens is 2. The number of urea groups is 1. The summed E-state index contributed by atoms with van der Waals surface area (Å²) >= 11 is 0. The van der Waals surface area contributed by atoms with Crippen LogP contribution in [0, 0.1) is 0 Å². The summed E-state index contributed by atoms with van der Waals surface area (Å²) in [6.07, 6.45) is 0. The Bertz CT molecular complexity index is 1840. The highest BCUT2D eigenvalue weighted by atomic mass is 16.5. The van der Waals surface area contributed by atoms with Crippen LogP contribution in [0.4, 0.5) is 16.3 Å². The first-order chi connectivity index (χ1) is 24.5. The van der Waals surface area contributed by atoms with E-state index < -0.39 is 23.8 Å². The molecule has 4 N–H and O–H groups in total. The highest BCUT2D eigenvalue weighted by Crippen LogP contribution is 2.32. The van der Waals surface area contributed by atoms with E-state index in [0.717, 1.165) is 55.1 Å². The number of carbonyl (C=O) groups excluding carboxylic acids is 4. The van der Waals surface area contributed by atoms with E-state index >= 15 is 0 Å². The summed E-state index contributed by atoms with van der Waals surface area (Å²) in [5, 5.41) is 17.4. The predicted octanol–water partition coefficient (Wildman–Crippen LogP) is 3.61. The highest BCUT2D eigenvalue weighted by molar-refractivity contribution is 6.07. The lowest BCUT2D eigenvalue weighted by Gasteiger charge is -2.26. The van der Waals surface area contributed by atoms with Crippen molar-refractivity contribution in [2.24, 2.45) is 0 Å². The molecule has 0 bridgehead atoms. The largest absolute Gasteiger partial charge is 0.492 e. The van der Waals surface area contributed by atoms with Gasteiger partial charge in [0.1, 0.15) is 31.3 Å². The SMILES string of the molecule is CNC(=O)CN(CC(=O)NC)C(=O)c1ccc(-n2nc(C(C)(C)C)cc2NC(=O)Nc2ccc(OCCN3CCOCC3)c3ccccc23)cc1. The Morgan fingerprint density at radius 1 is 0.863 bits per heavy atom. The van der Waals surface area contributed by atoms with Crippen molar-refractivity contribution in [1.29, 1.82) is 0 Å². The van der Waals surface area contributed by atoms with Gasteiger partial charge in [0.15, 0.2) is 0 Å². The van der Waals surface area contributed by atoms with Crippen LogP contribution in [-0.2, 0) is 19.7 Å². The molecule has 0 aliphatic carbocycles. The lowest BCUT2D eigenvalue weighted by atomic mass is 9.92. The number of morpholine rings is 1. The molecule has 1 saturated heterocycles. The van der Waals surface area contributed by atoms with E-state index in [1.807, 2.05) is 63.2 Å². The van der Waals surface area contributed by atoms with Gasteiger partial charge in [0.2, 0.25) is 11.8 Å². The minimum absolute atomic E-state index is 0.276. The molecule has 1 aliphatic heterocycles. The summed E-state index contributed by atoms with van der Waals surface area (Å²) in [6.45, 7) is 10.1. The minimum Gasteiger partial charge on any atom is -0.492 e. The van der Waals surface area contributed by atoms with Crippen molar-refractivity contribution in [1.82, 2.24) is 30.2 Å². The zero-order valence-electron chi connectivity index (χ0n) is 29.7. The van der Waals surface area contributed by atoms with Crippen LogP contribution in [0.2, 0.25) is 0 Å². The molecular formula is C37H46N8O6. The number of hydrogen-bond acceptors (Lipinski definition) is 8. The van der Waals surface area contributed by atoms with Gasteiger partial charge in [0.25, 0.3) is 5.91 Å². The number of ether oxygens (including phenoxy) is 2. The number of benzene rings is 3. The van der Waals surface area contributed by atoms with Gasteiger partial charge in [-0.15, -0.1) is 0 Å². The summed E-state index contributed by atoms with van der Waals surface area (Å²) in [5.41, 5.74) is 1.89. The number of rotatable bonds is 12. The summed E-state index contributed by atoms with van der Waals surface area (Å²) in [4.78, 5) is 54.4. The third-order valence-corrected chi connectivity index (χ3v) is 8.49. The fourth-order valence-corrected chi connectivity index (χ4v) is 5.55. The molecule has 0 saturated carbocycles. The van der Waals surface area contributed by atoms with E-state index in [9.17, 15) is 19.2 Å². The second-order valence-corrected chi connectivity index (χ2v) is 13.2. The van der Waals surface area contributed by atoms with Crippen LogP contribution in [-0.4, -0.2) is 110 Å². The molecular weight excluding hydrogens is 652 g/mol. The van der Waals surface area contributed by atoms with Gasteiger partial charge in [0.05, 0.1) is 30.3 Å². The molecule has 1 aliphatic rings. The highest BCUT2D eigenvalue weighted by Gasteiger charge is 2.24. The fourth-order valence-electron chi connectivity index (χ4n) is 5.55. The Morgan fingerprint density at radius 2 is 1.51 bits per heavy atom. The first-order valence-corrected chi connectivity index (χ1v) is 16.9. The number of fused-ring (bicyclic) bond motifs is 1. The van der Waals surface area contributed by atoms with Crippen LogP contribution in [0.25, 0.3) is 16.5 Å². The fraction of sp³-hybridized carbons (Fsp3) is 0.378. The van der Waals surface area contributed by atoms with Crippen molar-refractivity contribution in [3.8, 4) is 11.4 Å². The van der Waals surface area contributed by atoms with Crippen LogP contribution in [0.5, 0.6) is 5.75 Å². The average Bonchev–Trinajstić information content (AvgIpc) is 3.56. The molecule has 14 heteroatoms. The Labute approximate surface area is 297 Å². The van der Waals surface area contributed by atoms with Crippen LogP contribution in [0.1, 0.15) is 36.8 Å². The summed E-state index contributed by atoms with van der Waals surface area (Å²) in [6, 6.07) is 19.4. The van der Waals surface area contributed by atoms with Gasteiger partial charge in [-0.05, 0) is 36.4 Å². The Balaban J connectivity index is 1.33. The molecule has 0 unspecified atom stereocenters. The van der Waals surface area contributed by atoms with E-state index in [2.05, 4.69) is 26.2 Å². The number of likely N-dealkylation sites (N-methyl/N-ethyl adjacent to an activating group) is 2. The molecule has 5 rings (SSSR count). The minimum atomic E-state index is -0.483. The van der Waals surface area contributed by atoms with Crippen molar-refractivity contribution >= 4 is 46.0 Å². The zero-order chi connectivity index (χ0) is 36.5. The Morgan fingerprint density at radius 3 is 2.14 bits per heavy atom. The number of carbonyl (C=O) groups is 4. The monoisotopic (exact) mass is 698 g/mol. The standard InChI is InChI=1S/C37H46N8O6/c1-37(2,3)31-22-32(45(42-31)26-12-10-25(11-13-26)35(48)44(23-33(46)38-4)24-34(47)39-5)41-36(49)40-29-14-15-30(28-9-7-6-8-27(28)29)51-21-18-43-16-19-50-20-17-43/h6-15,22H,16-21,23-24H2,1-5H3,(H,38,46)(H,39,47)(H2,40,41,49). The number of nitrogens with zero attached hydrogens (tertiary/aromatic N) is 4. The van der Waals surface area contributed by atoms with Gasteiger partial charge < -0.3 is 30.3 Å². The van der Waals surface area contributed by atoms with Crippen molar-refractivity contribution in [2.75, 3.05) is 77.3 Å². The van der Waals surface area contributed by atoms with Crippen molar-refractivity contribution in [3.05, 3.63) is 78.0 Å². The van der Waals surface area contributed by atoms with Crippen molar-refractivity contribution in [2.45, 2.75) is 26.2 Å². The molecule has 1 aromatic heterocycles. The maximum Gasteiger partial charge on any atom is 0.324 e. The topological polar surface area (TPSA) is 159 Å². The van der Waals surface area contributed by atoms with Crippen LogP contribution >= 0.6 is 0 Å². The molecule has 0 spiro atoms. The number of anilines is 2. The third kappa shape index (κ3) is 9.41. The Hall–Kier alpha value is -5.47. The smallest absolute Gasteiger partial charge is 0.324 e. The van der Waals surface area contributed by atoms with Crippen LogP contribution < -0.4 is 26.0 Å². The molecule has 0 atom stereocenters. The van der Waals surface area contributed by atoms with Gasteiger partial charge in [-0.3, -0.25) is 24.6 Å². The van der Waals surface area contributed by atoms with Gasteiger partial charge in [0, 0.05) is 61.5 Å². The Kier molecular flexibility index (Phi) is 11.9. The lowest BCUT2D eigenvalue weighted by Crippen LogP contribution is -2.44. The van der Waals surface area contributed by atoms with Crippen molar-refractivity contribution in [3.63, 3.8) is 0 Å². The molecule has 0 radical (unpaired) electrons. The second-order valence-electron chi connectivity index (χ2n) is 13.2. The van der Waals surface area contributed by atoms with Gasteiger partial charge in [-0.1, -0.05) is 45.0 Å². The number of amides is 5. The summed E-state index contributed by atoms with van der Waals surface area (Å²) in [5.74, 6) is -0.125. The predicted molar refractivity (Wildman–Crippen MR) is 196 cm³/mol. The first kappa shape index (κ1) is 36.8. The van der Waals surface area contributed by atoms with Crippen LogP contribution in [0.3, 0.4) is 0 Å². The molecule has 2 heterocycles. The quantitative estimate of drug-likeness (QED) is 0.175. The molecule has 3 aromatic carbocycles. The maximum atomic E-state index is 13.5. The molecule has 4 aromatic rings. The van der Waals surface area contributed by atoms with Gasteiger partial charge >= 0.3 is 6.03 Å². The normalized spacial score (nSPS) is 13.4. The summed E-state index contributed by atoms with van der Waals surface area (Å²) < 4.78 is 13.2. The maximum absolute atomic E-state index is 13.5. The van der Waals surface area contributed by atoms with E-state index in [4.69, 9.17) is 14.6 Å². The molecule has 5 amide bonds. The lowest BCUT2D eigenvalue weighted by molar-refractivity contribution is -0.123. The second kappa shape index (κ2) is 16.5. The van der Waals surface area contributed by atoms with E-state index in [-0.39, 0.29) is 24.1 Å². The average molecular weight is 699 g/mol. The number of nitrogens with one attached hydrogen (secondary N) is 4. The van der Waals surface area contributed by atoms with Crippen molar-refractivity contribution < 1.29 is 28.7 Å². The van der Waals surface area contributed by atoms with E-state index in [0.29, 0.717) is 23.8 Å².